The Morgan fingerprint density at radius 2 is 1.94 bits per heavy atom. The van der Waals surface area contributed by atoms with Gasteiger partial charge in [-0.1, -0.05) is 19.0 Å². The van der Waals surface area contributed by atoms with Gasteiger partial charge in [-0.3, -0.25) is 0 Å². The number of rotatable bonds is 6. The van der Waals surface area contributed by atoms with Gasteiger partial charge in [0.2, 0.25) is 0 Å². The third-order valence-corrected chi connectivity index (χ3v) is 3.14. The molecule has 4 nitrogen and oxygen atoms in total. The van der Waals surface area contributed by atoms with Gasteiger partial charge in [-0.25, -0.2) is 0 Å². The molecule has 0 aliphatic heterocycles. The monoisotopic (exact) mass is 240 g/mol. The van der Waals surface area contributed by atoms with Crippen LogP contribution in [0.1, 0.15) is 43.8 Å². The first-order valence-electron chi connectivity index (χ1n) is 6.15. The Kier molecular flexibility index (Phi) is 5.15. The molecule has 1 N–H and O–H groups in total. The molecule has 0 aliphatic carbocycles. The molecule has 0 saturated heterocycles. The fraction of sp³-hybridized carbons (Fsp3) is 0.769. The average molecular weight is 240 g/mol. The number of aromatic nitrogens is 1. The van der Waals surface area contributed by atoms with Gasteiger partial charge in [0.1, 0.15) is 5.76 Å². The van der Waals surface area contributed by atoms with Crippen molar-refractivity contribution in [2.24, 2.45) is 5.92 Å². The molecule has 0 radical (unpaired) electrons. The Bertz CT molecular complexity index is 328. The zero-order valence-electron chi connectivity index (χ0n) is 11.7. The van der Waals surface area contributed by atoms with Crippen LogP contribution >= 0.6 is 0 Å². The van der Waals surface area contributed by atoms with Crippen LogP contribution < -0.4 is 5.32 Å². The third-order valence-electron chi connectivity index (χ3n) is 3.14. The van der Waals surface area contributed by atoms with Crippen molar-refractivity contribution in [2.45, 2.75) is 46.7 Å². The van der Waals surface area contributed by atoms with E-state index in [0.29, 0.717) is 18.6 Å². The van der Waals surface area contributed by atoms with Gasteiger partial charge in [-0.05, 0) is 26.7 Å². The van der Waals surface area contributed by atoms with Crippen molar-refractivity contribution in [3.63, 3.8) is 0 Å². The molecule has 2 atom stereocenters. The lowest BCUT2D eigenvalue weighted by Gasteiger charge is -2.25. The van der Waals surface area contributed by atoms with Crippen LogP contribution in [0.4, 0.5) is 0 Å². The van der Waals surface area contributed by atoms with E-state index in [4.69, 9.17) is 9.26 Å². The number of methoxy groups -OCH3 is 1. The van der Waals surface area contributed by atoms with Crippen molar-refractivity contribution in [3.05, 3.63) is 17.0 Å². The quantitative estimate of drug-likeness (QED) is 0.830. The second-order valence-electron chi connectivity index (χ2n) is 4.93. The topological polar surface area (TPSA) is 47.3 Å². The third kappa shape index (κ3) is 3.54. The standard InChI is InChI=1S/C13H24N2O2/c1-8(2)12(7-16-6)14-9(3)13-10(4)15-17-11(13)5/h8-9,12,14H,7H2,1-6H3. The first-order valence-corrected chi connectivity index (χ1v) is 6.15. The van der Waals surface area contributed by atoms with E-state index >= 15 is 0 Å². The smallest absolute Gasteiger partial charge is 0.138 e. The van der Waals surface area contributed by atoms with Crippen LogP contribution in [0.25, 0.3) is 0 Å². The fourth-order valence-corrected chi connectivity index (χ4v) is 2.13. The largest absolute Gasteiger partial charge is 0.383 e. The lowest BCUT2D eigenvalue weighted by Crippen LogP contribution is -2.39. The van der Waals surface area contributed by atoms with E-state index in [2.05, 4.69) is 31.2 Å². The Balaban J connectivity index is 2.73. The van der Waals surface area contributed by atoms with E-state index in [1.54, 1.807) is 7.11 Å². The lowest BCUT2D eigenvalue weighted by molar-refractivity contribution is 0.141. The molecule has 0 fully saturated rings. The van der Waals surface area contributed by atoms with Gasteiger partial charge in [-0.15, -0.1) is 0 Å². The normalized spacial score (nSPS) is 15.2. The van der Waals surface area contributed by atoms with Crippen molar-refractivity contribution in [2.75, 3.05) is 13.7 Å². The van der Waals surface area contributed by atoms with E-state index in [9.17, 15) is 0 Å². The van der Waals surface area contributed by atoms with Crippen molar-refractivity contribution in [1.29, 1.82) is 0 Å². The van der Waals surface area contributed by atoms with Crippen LogP contribution in [0.5, 0.6) is 0 Å². The molecule has 2 unspecified atom stereocenters. The summed E-state index contributed by atoms with van der Waals surface area (Å²) >= 11 is 0. The summed E-state index contributed by atoms with van der Waals surface area (Å²) in [6.45, 7) is 11.2. The Morgan fingerprint density at radius 1 is 1.29 bits per heavy atom. The zero-order valence-corrected chi connectivity index (χ0v) is 11.7. The molecule has 17 heavy (non-hydrogen) atoms. The minimum Gasteiger partial charge on any atom is -0.383 e. The Morgan fingerprint density at radius 3 is 2.35 bits per heavy atom. The van der Waals surface area contributed by atoms with Gasteiger partial charge in [0.15, 0.2) is 0 Å². The minimum absolute atomic E-state index is 0.226. The number of aryl methyl sites for hydroxylation is 2. The van der Waals surface area contributed by atoms with E-state index in [1.165, 1.54) is 0 Å². The number of nitrogens with zero attached hydrogens (tertiary/aromatic N) is 1. The Hall–Kier alpha value is -0.870. The van der Waals surface area contributed by atoms with Gasteiger partial charge >= 0.3 is 0 Å². The summed E-state index contributed by atoms with van der Waals surface area (Å²) in [5.41, 5.74) is 2.12. The molecule has 0 aliphatic rings. The van der Waals surface area contributed by atoms with E-state index < -0.39 is 0 Å². The minimum atomic E-state index is 0.226. The predicted molar refractivity (Wildman–Crippen MR) is 68.0 cm³/mol. The van der Waals surface area contributed by atoms with Crippen LogP contribution in [-0.4, -0.2) is 24.9 Å². The first-order chi connectivity index (χ1) is 7.97. The summed E-state index contributed by atoms with van der Waals surface area (Å²) in [7, 11) is 1.73. The molecule has 1 heterocycles. The van der Waals surface area contributed by atoms with E-state index in [-0.39, 0.29) is 6.04 Å². The summed E-state index contributed by atoms with van der Waals surface area (Å²) in [6, 6.07) is 0.562. The molecular formula is C13H24N2O2. The highest BCUT2D eigenvalue weighted by Crippen LogP contribution is 2.22. The molecule has 98 valence electrons. The average Bonchev–Trinajstić information content (AvgIpc) is 2.57. The van der Waals surface area contributed by atoms with Crippen molar-refractivity contribution in [1.82, 2.24) is 10.5 Å². The summed E-state index contributed by atoms with van der Waals surface area (Å²) in [4.78, 5) is 0. The molecular weight excluding hydrogens is 216 g/mol. The highest BCUT2D eigenvalue weighted by molar-refractivity contribution is 5.24. The van der Waals surface area contributed by atoms with Gasteiger partial charge in [0, 0.05) is 24.8 Å². The Labute approximate surface area is 104 Å². The maximum atomic E-state index is 5.24. The lowest BCUT2D eigenvalue weighted by atomic mass is 10.0. The van der Waals surface area contributed by atoms with Gasteiger partial charge in [0.25, 0.3) is 0 Å². The van der Waals surface area contributed by atoms with Crippen molar-refractivity contribution in [3.8, 4) is 0 Å². The molecule has 1 rings (SSSR count). The summed E-state index contributed by atoms with van der Waals surface area (Å²) in [5.74, 6) is 1.42. The van der Waals surface area contributed by atoms with Crippen LogP contribution in [-0.2, 0) is 4.74 Å². The SMILES string of the molecule is COCC(NC(C)c1c(C)noc1C)C(C)C. The number of hydrogen-bond donors (Lipinski definition) is 1. The molecule has 0 saturated carbocycles. The zero-order chi connectivity index (χ0) is 13.0. The van der Waals surface area contributed by atoms with Crippen molar-refractivity contribution < 1.29 is 9.26 Å². The van der Waals surface area contributed by atoms with Gasteiger partial charge in [-0.2, -0.15) is 0 Å². The second kappa shape index (κ2) is 6.17. The molecule has 0 aromatic carbocycles. The maximum absolute atomic E-state index is 5.24. The maximum Gasteiger partial charge on any atom is 0.138 e. The molecule has 4 heteroatoms. The van der Waals surface area contributed by atoms with E-state index in [1.807, 2.05) is 13.8 Å². The summed E-state index contributed by atoms with van der Waals surface area (Å²) in [6.07, 6.45) is 0. The second-order valence-corrected chi connectivity index (χ2v) is 4.93. The van der Waals surface area contributed by atoms with Crippen LogP contribution in [0.15, 0.2) is 4.52 Å². The van der Waals surface area contributed by atoms with E-state index in [0.717, 1.165) is 17.0 Å². The van der Waals surface area contributed by atoms with Crippen LogP contribution in [0.2, 0.25) is 0 Å². The summed E-state index contributed by atoms with van der Waals surface area (Å²) in [5, 5.41) is 7.57. The fourth-order valence-electron chi connectivity index (χ4n) is 2.13. The van der Waals surface area contributed by atoms with Gasteiger partial charge < -0.3 is 14.6 Å². The summed E-state index contributed by atoms with van der Waals surface area (Å²) < 4.78 is 10.4. The molecule has 0 bridgehead atoms. The molecule has 1 aromatic rings. The number of nitrogens with one attached hydrogen (secondary N) is 1. The van der Waals surface area contributed by atoms with Crippen LogP contribution in [0, 0.1) is 19.8 Å². The first kappa shape index (κ1) is 14.2. The molecule has 0 amide bonds. The van der Waals surface area contributed by atoms with Gasteiger partial charge in [0.05, 0.1) is 12.3 Å². The highest BCUT2D eigenvalue weighted by atomic mass is 16.5. The molecule has 0 spiro atoms. The predicted octanol–water partition coefficient (Wildman–Crippen LogP) is 2.61. The number of hydrogen-bond acceptors (Lipinski definition) is 4. The molecule has 1 aromatic heterocycles. The number of ether oxygens (including phenoxy) is 1. The van der Waals surface area contributed by atoms with Crippen LogP contribution in [0.3, 0.4) is 0 Å². The highest BCUT2D eigenvalue weighted by Gasteiger charge is 2.21. The van der Waals surface area contributed by atoms with Crippen molar-refractivity contribution >= 4 is 0 Å².